The SMILES string of the molecule is Clc1cc2nc(C[P+](c3ccccc3)(c3ccccc3)c3ccccc3)ccc2s1. The van der Waals surface area contributed by atoms with Crippen LogP contribution in [0.1, 0.15) is 5.69 Å². The Morgan fingerprint density at radius 1 is 0.667 bits per heavy atom. The van der Waals surface area contributed by atoms with Crippen molar-refractivity contribution >= 4 is 56.3 Å². The number of nitrogens with zero attached hydrogens (tertiary/aromatic N) is 1. The molecule has 5 rings (SSSR count). The average molecular weight is 445 g/mol. The molecule has 0 amide bonds. The lowest BCUT2D eigenvalue weighted by atomic mass is 10.3. The molecule has 0 aliphatic heterocycles. The van der Waals surface area contributed by atoms with Gasteiger partial charge in [-0.3, -0.25) is 0 Å². The van der Waals surface area contributed by atoms with Gasteiger partial charge < -0.3 is 0 Å². The Bertz CT molecular complexity index is 1170. The number of rotatable bonds is 5. The van der Waals surface area contributed by atoms with Crippen LogP contribution >= 0.6 is 30.2 Å². The zero-order chi connectivity index (χ0) is 20.4. The van der Waals surface area contributed by atoms with Crippen molar-refractivity contribution < 1.29 is 0 Å². The third-order valence-corrected chi connectivity index (χ3v) is 10.9. The van der Waals surface area contributed by atoms with Gasteiger partial charge in [0.1, 0.15) is 29.3 Å². The van der Waals surface area contributed by atoms with Crippen LogP contribution in [0.5, 0.6) is 0 Å². The lowest BCUT2D eigenvalue weighted by Crippen LogP contribution is -2.32. The highest BCUT2D eigenvalue weighted by molar-refractivity contribution is 7.95. The van der Waals surface area contributed by atoms with Crippen LogP contribution in [0.4, 0.5) is 0 Å². The number of aromatic nitrogens is 1. The van der Waals surface area contributed by atoms with Crippen molar-refractivity contribution in [3.05, 3.63) is 119 Å². The molecule has 0 atom stereocenters. The van der Waals surface area contributed by atoms with Crippen LogP contribution in [0, 0.1) is 0 Å². The minimum atomic E-state index is -1.94. The Labute approximate surface area is 186 Å². The molecule has 2 aromatic heterocycles. The molecule has 0 saturated carbocycles. The maximum absolute atomic E-state index is 6.24. The van der Waals surface area contributed by atoms with Crippen LogP contribution in [0.3, 0.4) is 0 Å². The summed E-state index contributed by atoms with van der Waals surface area (Å²) in [6, 6.07) is 39.1. The summed E-state index contributed by atoms with van der Waals surface area (Å²) in [4.78, 5) is 5.01. The van der Waals surface area contributed by atoms with Crippen LogP contribution in [-0.2, 0) is 6.16 Å². The van der Waals surface area contributed by atoms with E-state index in [1.54, 1.807) is 11.3 Å². The fourth-order valence-corrected chi connectivity index (χ4v) is 9.26. The Hall–Kier alpha value is -2.51. The van der Waals surface area contributed by atoms with Crippen molar-refractivity contribution in [2.75, 3.05) is 0 Å². The third kappa shape index (κ3) is 3.56. The summed E-state index contributed by atoms with van der Waals surface area (Å²) in [5.74, 6) is 0. The molecule has 0 saturated heterocycles. The molecule has 3 aromatic carbocycles. The van der Waals surface area contributed by atoms with Crippen LogP contribution in [-0.4, -0.2) is 4.98 Å². The minimum Gasteiger partial charge on any atom is -0.248 e. The van der Waals surface area contributed by atoms with E-state index in [1.165, 1.54) is 15.9 Å². The molecular weight excluding hydrogens is 425 g/mol. The molecule has 146 valence electrons. The van der Waals surface area contributed by atoms with E-state index in [4.69, 9.17) is 16.6 Å². The molecule has 0 bridgehead atoms. The van der Waals surface area contributed by atoms with Gasteiger partial charge in [-0.2, -0.15) is 0 Å². The molecule has 0 spiro atoms. The smallest absolute Gasteiger partial charge is 0.118 e. The molecule has 30 heavy (non-hydrogen) atoms. The van der Waals surface area contributed by atoms with Crippen molar-refractivity contribution in [2.24, 2.45) is 0 Å². The second kappa shape index (κ2) is 8.32. The number of fused-ring (bicyclic) bond motifs is 1. The van der Waals surface area contributed by atoms with Crippen molar-refractivity contribution in [1.29, 1.82) is 0 Å². The summed E-state index contributed by atoms with van der Waals surface area (Å²) in [6.45, 7) is 0. The molecule has 0 fully saturated rings. The summed E-state index contributed by atoms with van der Waals surface area (Å²) in [5.41, 5.74) is 2.08. The molecule has 1 nitrogen and oxygen atoms in total. The Morgan fingerprint density at radius 3 is 1.67 bits per heavy atom. The zero-order valence-corrected chi connectivity index (χ0v) is 18.7. The molecule has 0 radical (unpaired) electrons. The Morgan fingerprint density at radius 2 is 1.17 bits per heavy atom. The second-order valence-electron chi connectivity index (χ2n) is 7.21. The maximum atomic E-state index is 6.24. The molecule has 5 aromatic rings. The van der Waals surface area contributed by atoms with E-state index >= 15 is 0 Å². The highest BCUT2D eigenvalue weighted by atomic mass is 35.5. The van der Waals surface area contributed by atoms with Crippen LogP contribution in [0.25, 0.3) is 10.2 Å². The van der Waals surface area contributed by atoms with Gasteiger partial charge in [-0.25, -0.2) is 4.98 Å². The predicted molar refractivity (Wildman–Crippen MR) is 133 cm³/mol. The first kappa shape index (κ1) is 19.5. The lowest BCUT2D eigenvalue weighted by molar-refractivity contribution is 1.22. The molecule has 0 aliphatic carbocycles. The van der Waals surface area contributed by atoms with E-state index in [1.807, 2.05) is 6.07 Å². The molecular formula is C26H20ClNPS+. The number of hydrogen-bond donors (Lipinski definition) is 0. The molecule has 4 heteroatoms. The van der Waals surface area contributed by atoms with Gasteiger partial charge in [0.05, 0.1) is 20.2 Å². The van der Waals surface area contributed by atoms with Gasteiger partial charge in [-0.15, -0.1) is 11.3 Å². The number of thiophene rings is 1. The fourth-order valence-electron chi connectivity index (χ4n) is 4.04. The maximum Gasteiger partial charge on any atom is 0.118 e. The van der Waals surface area contributed by atoms with Crippen LogP contribution in [0.15, 0.2) is 109 Å². The van der Waals surface area contributed by atoms with E-state index in [9.17, 15) is 0 Å². The standard InChI is InChI=1S/C26H20ClNPS/c27-26-18-24-25(30-26)17-16-20(28-24)19-29(21-10-4-1-5-11-21,22-12-6-2-7-13-22)23-14-8-3-9-15-23/h1-18H,19H2/q+1. The van der Waals surface area contributed by atoms with Crippen molar-refractivity contribution in [2.45, 2.75) is 6.16 Å². The fraction of sp³-hybridized carbons (Fsp3) is 0.0385. The third-order valence-electron chi connectivity index (χ3n) is 5.39. The monoisotopic (exact) mass is 444 g/mol. The zero-order valence-electron chi connectivity index (χ0n) is 16.3. The quantitative estimate of drug-likeness (QED) is 0.284. The van der Waals surface area contributed by atoms with E-state index < -0.39 is 7.26 Å². The van der Waals surface area contributed by atoms with Gasteiger partial charge in [0.25, 0.3) is 0 Å². The van der Waals surface area contributed by atoms with E-state index in [2.05, 4.69) is 103 Å². The molecule has 2 heterocycles. The van der Waals surface area contributed by atoms with Crippen LogP contribution in [0.2, 0.25) is 4.34 Å². The summed E-state index contributed by atoms with van der Waals surface area (Å²) < 4.78 is 1.91. The van der Waals surface area contributed by atoms with Crippen LogP contribution < -0.4 is 15.9 Å². The van der Waals surface area contributed by atoms with Gasteiger partial charge in [-0.05, 0) is 54.6 Å². The van der Waals surface area contributed by atoms with E-state index in [0.29, 0.717) is 0 Å². The number of hydrogen-bond acceptors (Lipinski definition) is 2. The molecule has 0 unspecified atom stereocenters. The first-order chi connectivity index (χ1) is 14.8. The van der Waals surface area contributed by atoms with E-state index in [-0.39, 0.29) is 0 Å². The summed E-state index contributed by atoms with van der Waals surface area (Å²) in [5, 5.41) is 4.10. The Balaban J connectivity index is 1.76. The summed E-state index contributed by atoms with van der Waals surface area (Å²) in [7, 11) is -1.94. The topological polar surface area (TPSA) is 12.9 Å². The van der Waals surface area contributed by atoms with Gasteiger partial charge in [0.15, 0.2) is 0 Å². The highest BCUT2D eigenvalue weighted by Crippen LogP contribution is 2.58. The average Bonchev–Trinajstić information content (AvgIpc) is 3.18. The van der Waals surface area contributed by atoms with Gasteiger partial charge in [0, 0.05) is 0 Å². The lowest BCUT2D eigenvalue weighted by Gasteiger charge is -2.27. The van der Waals surface area contributed by atoms with Crippen molar-refractivity contribution in [3.8, 4) is 0 Å². The normalized spacial score (nSPS) is 11.6. The van der Waals surface area contributed by atoms with Gasteiger partial charge >= 0.3 is 0 Å². The molecule has 0 aliphatic rings. The van der Waals surface area contributed by atoms with Crippen molar-refractivity contribution in [1.82, 2.24) is 4.98 Å². The first-order valence-corrected chi connectivity index (χ1v) is 13.0. The molecule has 0 N–H and O–H groups in total. The number of halogens is 1. The summed E-state index contributed by atoms with van der Waals surface area (Å²) in [6.07, 6.45) is 0.869. The largest absolute Gasteiger partial charge is 0.248 e. The Kier molecular flexibility index (Phi) is 5.39. The predicted octanol–water partition coefficient (Wildman–Crippen LogP) is 6.44. The van der Waals surface area contributed by atoms with E-state index in [0.717, 1.165) is 26.4 Å². The van der Waals surface area contributed by atoms with Gasteiger partial charge in [0.2, 0.25) is 0 Å². The summed E-state index contributed by atoms with van der Waals surface area (Å²) >= 11 is 7.82. The highest BCUT2D eigenvalue weighted by Gasteiger charge is 2.45. The second-order valence-corrected chi connectivity index (χ2v) is 12.4. The first-order valence-electron chi connectivity index (χ1n) is 9.86. The number of benzene rings is 3. The van der Waals surface area contributed by atoms with Gasteiger partial charge in [-0.1, -0.05) is 66.2 Å². The van der Waals surface area contributed by atoms with Crippen molar-refractivity contribution in [3.63, 3.8) is 0 Å². The number of pyridine rings is 1. The minimum absolute atomic E-state index is 0.782.